The first-order valence-electron chi connectivity index (χ1n) is 3.31. The first-order chi connectivity index (χ1) is 4.83. The molecule has 0 bridgehead atoms. The van der Waals surface area contributed by atoms with Crippen LogP contribution in [-0.4, -0.2) is 14.9 Å². The smallest absolute Gasteiger partial charge is 0.131 e. The lowest BCUT2D eigenvalue weighted by molar-refractivity contribution is -0.117. The van der Waals surface area contributed by atoms with Crippen molar-refractivity contribution in [2.45, 2.75) is 31.9 Å². The van der Waals surface area contributed by atoms with Gasteiger partial charge in [-0.25, -0.2) is 0 Å². The maximum Gasteiger partial charge on any atom is 0.131 e. The van der Waals surface area contributed by atoms with Crippen LogP contribution in [0.2, 0.25) is 0 Å². The van der Waals surface area contributed by atoms with Gasteiger partial charge in [-0.2, -0.15) is 0 Å². The van der Waals surface area contributed by atoms with E-state index in [0.29, 0.717) is 10.7 Å². The van der Waals surface area contributed by atoms with Gasteiger partial charge in [-0.3, -0.25) is 4.79 Å². The maximum atomic E-state index is 10.7. The Labute approximate surface area is 76.9 Å². The monoisotopic (exact) mass is 191 g/mol. The zero-order valence-electron chi connectivity index (χ0n) is 7.01. The number of carbonyl (C=O) groups excluding carboxylic acids is 1. The van der Waals surface area contributed by atoms with Crippen LogP contribution in [0.5, 0.6) is 0 Å². The predicted octanol–water partition coefficient (Wildman–Crippen LogP) is 1.72. The average Bonchev–Trinajstić information content (AvgIpc) is 1.53. The van der Waals surface area contributed by atoms with Gasteiger partial charge in [-0.15, -0.1) is 0 Å². The van der Waals surface area contributed by atoms with E-state index in [0.717, 1.165) is 0 Å². The molecule has 0 unspecified atom stereocenters. The third kappa shape index (κ3) is 6.31. The molecular weight excluding hydrogens is 178 g/mol. The second-order valence-electron chi connectivity index (χ2n) is 3.06. The van der Waals surface area contributed by atoms with Crippen LogP contribution in [-0.2, 0) is 4.79 Å². The van der Waals surface area contributed by atoms with Gasteiger partial charge < -0.3 is 5.73 Å². The Hall–Kier alpha value is -0.0900. The van der Waals surface area contributed by atoms with E-state index in [4.69, 9.17) is 18.0 Å². The number of thiocarbonyl (C=S) groups is 1. The fraction of sp³-hybridized carbons (Fsp3) is 0.714. The number of thioether (sulfide) groups is 1. The first kappa shape index (κ1) is 10.9. The normalized spacial score (nSPS) is 11.2. The molecule has 0 rings (SSSR count). The molecule has 0 aliphatic heterocycles. The van der Waals surface area contributed by atoms with Gasteiger partial charge in [0.25, 0.3) is 0 Å². The van der Waals surface area contributed by atoms with E-state index < -0.39 is 0 Å². The molecule has 0 amide bonds. The number of hydrogen-bond acceptors (Lipinski definition) is 3. The molecule has 0 radical (unpaired) electrons. The van der Waals surface area contributed by atoms with Crippen LogP contribution in [0, 0.1) is 0 Å². The minimum Gasteiger partial charge on any atom is -0.385 e. The molecule has 0 heterocycles. The fourth-order valence-electron chi connectivity index (χ4n) is 0.908. The van der Waals surface area contributed by atoms with Crippen molar-refractivity contribution in [2.24, 2.45) is 5.73 Å². The third-order valence-electron chi connectivity index (χ3n) is 1.05. The predicted molar refractivity (Wildman–Crippen MR) is 53.8 cm³/mol. The number of nitrogens with two attached hydrogens (primary N) is 1. The van der Waals surface area contributed by atoms with E-state index in [1.54, 1.807) is 6.92 Å². The Balaban J connectivity index is 3.99. The quantitative estimate of drug-likeness (QED) is 0.690. The van der Waals surface area contributed by atoms with Crippen molar-refractivity contribution >= 4 is 34.1 Å². The van der Waals surface area contributed by atoms with E-state index in [-0.39, 0.29) is 10.5 Å². The molecule has 0 saturated heterocycles. The number of ketones is 1. The van der Waals surface area contributed by atoms with Gasteiger partial charge in [-0.1, -0.05) is 24.0 Å². The van der Waals surface area contributed by atoms with Gasteiger partial charge >= 0.3 is 0 Å². The highest BCUT2D eigenvalue weighted by Gasteiger charge is 2.21. The molecule has 0 aromatic rings. The summed E-state index contributed by atoms with van der Waals surface area (Å²) in [6.45, 7) is 5.48. The molecule has 2 nitrogen and oxygen atoms in total. The Bertz CT molecular complexity index is 159. The highest BCUT2D eigenvalue weighted by atomic mass is 32.2. The van der Waals surface area contributed by atoms with Gasteiger partial charge in [0.1, 0.15) is 10.1 Å². The Morgan fingerprint density at radius 2 is 2.09 bits per heavy atom. The van der Waals surface area contributed by atoms with Gasteiger partial charge in [0, 0.05) is 11.2 Å². The Morgan fingerprint density at radius 1 is 1.64 bits per heavy atom. The number of hydrogen-bond donors (Lipinski definition) is 1. The van der Waals surface area contributed by atoms with Crippen molar-refractivity contribution in [3.8, 4) is 0 Å². The van der Waals surface area contributed by atoms with Crippen molar-refractivity contribution in [3.63, 3.8) is 0 Å². The molecule has 0 saturated carbocycles. The fourth-order valence-corrected chi connectivity index (χ4v) is 2.40. The summed E-state index contributed by atoms with van der Waals surface area (Å²) >= 11 is 6.10. The largest absolute Gasteiger partial charge is 0.385 e. The highest BCUT2D eigenvalue weighted by molar-refractivity contribution is 8.23. The van der Waals surface area contributed by atoms with Gasteiger partial charge in [0.2, 0.25) is 0 Å². The third-order valence-corrected chi connectivity index (χ3v) is 2.20. The van der Waals surface area contributed by atoms with Crippen LogP contribution < -0.4 is 5.73 Å². The number of carbonyl (C=O) groups is 1. The summed E-state index contributed by atoms with van der Waals surface area (Å²) in [7, 11) is 0. The molecule has 0 aliphatic carbocycles. The number of rotatable bonds is 3. The summed E-state index contributed by atoms with van der Waals surface area (Å²) in [5.74, 6) is 0.166. The average molecular weight is 191 g/mol. The summed E-state index contributed by atoms with van der Waals surface area (Å²) < 4.78 is 0.244. The SMILES string of the molecule is CC(=O)CC(C)(C)SC(N)=S. The Morgan fingerprint density at radius 3 is 2.36 bits per heavy atom. The molecule has 0 aromatic carbocycles. The van der Waals surface area contributed by atoms with Crippen molar-refractivity contribution in [2.75, 3.05) is 0 Å². The van der Waals surface area contributed by atoms with Crippen molar-refractivity contribution in [3.05, 3.63) is 0 Å². The topological polar surface area (TPSA) is 43.1 Å². The molecule has 0 fully saturated rings. The minimum atomic E-state index is -0.155. The van der Waals surface area contributed by atoms with Crippen LogP contribution >= 0.6 is 24.0 Å². The van der Waals surface area contributed by atoms with Crippen LogP contribution in [0.4, 0.5) is 0 Å². The lowest BCUT2D eigenvalue weighted by Gasteiger charge is -2.20. The van der Waals surface area contributed by atoms with E-state index in [2.05, 4.69) is 0 Å². The zero-order chi connectivity index (χ0) is 9.07. The van der Waals surface area contributed by atoms with Gasteiger partial charge in [-0.05, 0) is 20.8 Å². The second-order valence-corrected chi connectivity index (χ2v) is 5.51. The molecular formula is C7H13NOS2. The van der Waals surface area contributed by atoms with Gasteiger partial charge in [0.15, 0.2) is 0 Å². The van der Waals surface area contributed by atoms with Crippen molar-refractivity contribution < 1.29 is 4.79 Å². The maximum absolute atomic E-state index is 10.7. The highest BCUT2D eigenvalue weighted by Crippen LogP contribution is 2.27. The lowest BCUT2D eigenvalue weighted by Crippen LogP contribution is -2.23. The zero-order valence-corrected chi connectivity index (χ0v) is 8.64. The summed E-state index contributed by atoms with van der Waals surface area (Å²) in [4.78, 5) is 10.7. The van der Waals surface area contributed by atoms with Gasteiger partial charge in [0.05, 0.1) is 0 Å². The molecule has 64 valence electrons. The molecule has 0 aliphatic rings. The lowest BCUT2D eigenvalue weighted by atomic mass is 10.1. The minimum absolute atomic E-state index is 0.155. The molecule has 0 atom stereocenters. The van der Waals surface area contributed by atoms with E-state index in [9.17, 15) is 4.79 Å². The standard InChI is InChI=1S/C7H13NOS2/c1-5(9)4-7(2,3)11-6(8)10/h4H2,1-3H3,(H2,8,10). The summed E-state index contributed by atoms with van der Waals surface area (Å²) in [6, 6.07) is 0. The van der Waals surface area contributed by atoms with E-state index >= 15 is 0 Å². The van der Waals surface area contributed by atoms with Crippen molar-refractivity contribution in [1.29, 1.82) is 0 Å². The molecule has 4 heteroatoms. The van der Waals surface area contributed by atoms with E-state index in [1.807, 2.05) is 13.8 Å². The Kier molecular flexibility index (Phi) is 4.03. The summed E-state index contributed by atoms with van der Waals surface area (Å²) in [5, 5.41) is 0. The van der Waals surface area contributed by atoms with Crippen LogP contribution in [0.1, 0.15) is 27.2 Å². The first-order valence-corrected chi connectivity index (χ1v) is 4.54. The molecule has 0 aromatic heterocycles. The summed E-state index contributed by atoms with van der Waals surface area (Å²) in [6.07, 6.45) is 0.509. The molecule has 0 spiro atoms. The van der Waals surface area contributed by atoms with Crippen LogP contribution in [0.25, 0.3) is 0 Å². The molecule has 2 N–H and O–H groups in total. The number of Topliss-reactive ketones (excluding diaryl/α,β-unsaturated/α-hetero) is 1. The van der Waals surface area contributed by atoms with E-state index in [1.165, 1.54) is 11.8 Å². The van der Waals surface area contributed by atoms with Crippen molar-refractivity contribution in [1.82, 2.24) is 0 Å². The van der Waals surface area contributed by atoms with Crippen LogP contribution in [0.3, 0.4) is 0 Å². The van der Waals surface area contributed by atoms with Crippen LogP contribution in [0.15, 0.2) is 0 Å². The second kappa shape index (κ2) is 4.07. The molecule has 11 heavy (non-hydrogen) atoms. The summed E-state index contributed by atoms with van der Waals surface area (Å²) in [5.41, 5.74) is 5.34.